The number of hydrogen-bond acceptors (Lipinski definition) is 1. The summed E-state index contributed by atoms with van der Waals surface area (Å²) in [4.78, 5) is 0. The van der Waals surface area contributed by atoms with E-state index in [-0.39, 0.29) is 12.0 Å². The minimum atomic E-state index is -0.185. The summed E-state index contributed by atoms with van der Waals surface area (Å²) in [5.41, 5.74) is 1.31. The fourth-order valence-corrected chi connectivity index (χ4v) is 3.88. The van der Waals surface area contributed by atoms with Crippen molar-refractivity contribution in [1.82, 2.24) is 0 Å². The molecule has 5 atom stereocenters. The van der Waals surface area contributed by atoms with Crippen LogP contribution in [0.15, 0.2) is 30.3 Å². The Hall–Kier alpha value is -0.820. The van der Waals surface area contributed by atoms with E-state index < -0.39 is 0 Å². The second-order valence-corrected chi connectivity index (χ2v) is 6.84. The predicted molar refractivity (Wildman–Crippen MR) is 85.8 cm³/mol. The van der Waals surface area contributed by atoms with Gasteiger partial charge in [0.1, 0.15) is 0 Å². The van der Waals surface area contributed by atoms with Gasteiger partial charge in [-0.25, -0.2) is 0 Å². The van der Waals surface area contributed by atoms with Crippen LogP contribution >= 0.6 is 0 Å². The molecule has 0 saturated heterocycles. The van der Waals surface area contributed by atoms with Crippen LogP contribution in [0.5, 0.6) is 0 Å². The lowest BCUT2D eigenvalue weighted by Crippen LogP contribution is -2.34. The maximum absolute atomic E-state index is 11.0. The molecule has 1 nitrogen and oxygen atoms in total. The molecule has 1 saturated carbocycles. The Morgan fingerprint density at radius 2 is 1.90 bits per heavy atom. The van der Waals surface area contributed by atoms with Crippen LogP contribution in [0, 0.1) is 17.8 Å². The van der Waals surface area contributed by atoms with Crippen molar-refractivity contribution in [1.29, 1.82) is 0 Å². The summed E-state index contributed by atoms with van der Waals surface area (Å²) in [6.45, 7) is 6.85. The lowest BCUT2D eigenvalue weighted by molar-refractivity contribution is 0.0335. The van der Waals surface area contributed by atoms with E-state index in [9.17, 15) is 5.11 Å². The Morgan fingerprint density at radius 1 is 1.20 bits per heavy atom. The molecule has 5 unspecified atom stereocenters. The second kappa shape index (κ2) is 7.26. The Balaban J connectivity index is 2.18. The molecule has 1 N–H and O–H groups in total. The van der Waals surface area contributed by atoms with Crippen LogP contribution in [0.4, 0.5) is 0 Å². The van der Waals surface area contributed by atoms with E-state index in [1.54, 1.807) is 0 Å². The van der Waals surface area contributed by atoms with Gasteiger partial charge in [-0.2, -0.15) is 0 Å². The Labute approximate surface area is 124 Å². The van der Waals surface area contributed by atoms with Crippen LogP contribution in [0.2, 0.25) is 0 Å². The fraction of sp³-hybridized carbons (Fsp3) is 0.684. The molecule has 112 valence electrons. The van der Waals surface area contributed by atoms with Gasteiger partial charge in [0.2, 0.25) is 0 Å². The van der Waals surface area contributed by atoms with Crippen LogP contribution in [0.3, 0.4) is 0 Å². The van der Waals surface area contributed by atoms with Crippen molar-refractivity contribution in [3.8, 4) is 0 Å². The quantitative estimate of drug-likeness (QED) is 0.800. The average molecular weight is 274 g/mol. The lowest BCUT2D eigenvalue weighted by Gasteiger charge is -2.37. The van der Waals surface area contributed by atoms with Gasteiger partial charge in [-0.3, -0.25) is 0 Å². The van der Waals surface area contributed by atoms with Crippen molar-refractivity contribution in [3.63, 3.8) is 0 Å². The van der Waals surface area contributed by atoms with Crippen LogP contribution in [0.25, 0.3) is 0 Å². The van der Waals surface area contributed by atoms with E-state index in [1.165, 1.54) is 31.2 Å². The standard InChI is InChI=1S/C19H30O/c1-4-15(3)18(16-10-6-5-7-11-16)19(20)17-12-8-9-14(2)13-17/h5-7,10-11,14-15,17-20H,4,8-9,12-13H2,1-3H3. The van der Waals surface area contributed by atoms with E-state index in [1.807, 2.05) is 0 Å². The summed E-state index contributed by atoms with van der Waals surface area (Å²) in [6.07, 6.45) is 5.95. The molecular weight excluding hydrogens is 244 g/mol. The number of aliphatic hydroxyl groups excluding tert-OH is 1. The minimum Gasteiger partial charge on any atom is -0.392 e. The van der Waals surface area contributed by atoms with Crippen molar-refractivity contribution in [3.05, 3.63) is 35.9 Å². The minimum absolute atomic E-state index is 0.185. The SMILES string of the molecule is CCC(C)C(c1ccccc1)C(O)C1CCCC(C)C1. The van der Waals surface area contributed by atoms with Gasteiger partial charge in [0.05, 0.1) is 6.10 Å². The summed E-state index contributed by atoms with van der Waals surface area (Å²) in [5.74, 6) is 2.08. The Morgan fingerprint density at radius 3 is 2.50 bits per heavy atom. The normalized spacial score (nSPS) is 27.8. The topological polar surface area (TPSA) is 20.2 Å². The third-order valence-electron chi connectivity index (χ3n) is 5.27. The molecule has 0 spiro atoms. The molecule has 20 heavy (non-hydrogen) atoms. The maximum atomic E-state index is 11.0. The summed E-state index contributed by atoms with van der Waals surface area (Å²) >= 11 is 0. The largest absolute Gasteiger partial charge is 0.392 e. The van der Waals surface area contributed by atoms with Gasteiger partial charge in [0.25, 0.3) is 0 Å². The fourth-order valence-electron chi connectivity index (χ4n) is 3.88. The molecule has 0 heterocycles. The maximum Gasteiger partial charge on any atom is 0.0639 e. The van der Waals surface area contributed by atoms with E-state index in [0.29, 0.717) is 11.8 Å². The molecule has 0 bridgehead atoms. The Bertz CT molecular complexity index is 386. The van der Waals surface area contributed by atoms with Crippen LogP contribution in [-0.2, 0) is 0 Å². The van der Waals surface area contributed by atoms with Gasteiger partial charge in [-0.15, -0.1) is 0 Å². The number of benzene rings is 1. The molecule has 0 aromatic heterocycles. The predicted octanol–water partition coefficient (Wildman–Crippen LogP) is 5.00. The van der Waals surface area contributed by atoms with E-state index in [0.717, 1.165) is 12.3 Å². The highest BCUT2D eigenvalue weighted by molar-refractivity contribution is 5.22. The van der Waals surface area contributed by atoms with Gasteiger partial charge in [-0.1, -0.05) is 70.4 Å². The van der Waals surface area contributed by atoms with Gasteiger partial charge in [0, 0.05) is 5.92 Å². The van der Waals surface area contributed by atoms with Gasteiger partial charge >= 0.3 is 0 Å². The van der Waals surface area contributed by atoms with Crippen LogP contribution in [-0.4, -0.2) is 11.2 Å². The van der Waals surface area contributed by atoms with E-state index >= 15 is 0 Å². The summed E-state index contributed by atoms with van der Waals surface area (Å²) < 4.78 is 0. The second-order valence-electron chi connectivity index (χ2n) is 6.84. The zero-order valence-electron chi connectivity index (χ0n) is 13.3. The zero-order chi connectivity index (χ0) is 14.5. The van der Waals surface area contributed by atoms with E-state index in [2.05, 4.69) is 51.1 Å². The average Bonchev–Trinajstić information content (AvgIpc) is 2.48. The van der Waals surface area contributed by atoms with Gasteiger partial charge in [0.15, 0.2) is 0 Å². The summed E-state index contributed by atoms with van der Waals surface area (Å²) in [6, 6.07) is 10.6. The monoisotopic (exact) mass is 274 g/mol. The molecule has 1 aromatic rings. The summed E-state index contributed by atoms with van der Waals surface area (Å²) in [7, 11) is 0. The molecule has 1 aliphatic carbocycles. The van der Waals surface area contributed by atoms with Crippen molar-refractivity contribution in [2.45, 2.75) is 64.9 Å². The molecule has 1 aliphatic rings. The molecule has 0 aliphatic heterocycles. The van der Waals surface area contributed by atoms with Gasteiger partial charge < -0.3 is 5.11 Å². The van der Waals surface area contributed by atoms with Crippen molar-refractivity contribution < 1.29 is 5.11 Å². The van der Waals surface area contributed by atoms with Crippen LogP contribution in [0.1, 0.15) is 64.4 Å². The van der Waals surface area contributed by atoms with Crippen molar-refractivity contribution in [2.24, 2.45) is 17.8 Å². The zero-order valence-corrected chi connectivity index (χ0v) is 13.3. The third-order valence-corrected chi connectivity index (χ3v) is 5.27. The molecule has 1 heteroatoms. The van der Waals surface area contributed by atoms with Crippen molar-refractivity contribution >= 4 is 0 Å². The molecule has 2 rings (SSSR count). The van der Waals surface area contributed by atoms with Crippen molar-refractivity contribution in [2.75, 3.05) is 0 Å². The van der Waals surface area contributed by atoms with Gasteiger partial charge in [-0.05, 0) is 36.2 Å². The van der Waals surface area contributed by atoms with E-state index in [4.69, 9.17) is 0 Å². The first kappa shape index (κ1) is 15.6. The molecule has 1 fully saturated rings. The first-order chi connectivity index (χ1) is 9.63. The first-order valence-corrected chi connectivity index (χ1v) is 8.36. The Kier molecular flexibility index (Phi) is 5.65. The molecule has 0 amide bonds. The highest BCUT2D eigenvalue weighted by atomic mass is 16.3. The number of hydrogen-bond donors (Lipinski definition) is 1. The molecular formula is C19H30O. The number of aliphatic hydroxyl groups is 1. The smallest absolute Gasteiger partial charge is 0.0639 e. The lowest BCUT2D eigenvalue weighted by atomic mass is 9.71. The highest BCUT2D eigenvalue weighted by Gasteiger charge is 2.34. The summed E-state index contributed by atoms with van der Waals surface area (Å²) in [5, 5.41) is 11.0. The first-order valence-electron chi connectivity index (χ1n) is 8.36. The highest BCUT2D eigenvalue weighted by Crippen LogP contribution is 2.39. The third kappa shape index (κ3) is 3.63. The molecule has 1 aromatic carbocycles. The number of rotatable bonds is 5. The molecule has 0 radical (unpaired) electrons. The van der Waals surface area contributed by atoms with Crippen LogP contribution < -0.4 is 0 Å².